The van der Waals surface area contributed by atoms with Crippen LogP contribution in [0.15, 0.2) is 59.1 Å². The summed E-state index contributed by atoms with van der Waals surface area (Å²) in [6.45, 7) is 0.237. The molecule has 1 heterocycles. The van der Waals surface area contributed by atoms with Gasteiger partial charge >= 0.3 is 0 Å². The normalized spacial score (nSPS) is 10.3. The van der Waals surface area contributed by atoms with Crippen LogP contribution >= 0.6 is 0 Å². The summed E-state index contributed by atoms with van der Waals surface area (Å²) in [5.41, 5.74) is 0.837. The average molecular weight is 282 g/mol. The molecule has 106 valence electrons. The first-order valence-electron chi connectivity index (χ1n) is 6.50. The lowest BCUT2D eigenvalue weighted by Crippen LogP contribution is -1.95. The van der Waals surface area contributed by atoms with Crippen LogP contribution in [-0.4, -0.2) is 17.3 Å². The van der Waals surface area contributed by atoms with Gasteiger partial charge in [-0.1, -0.05) is 35.5 Å². The van der Waals surface area contributed by atoms with Gasteiger partial charge in [-0.15, -0.1) is 0 Å². The lowest BCUT2D eigenvalue weighted by atomic mass is 10.2. The largest absolute Gasteiger partial charge is 0.497 e. The minimum Gasteiger partial charge on any atom is -0.497 e. The van der Waals surface area contributed by atoms with E-state index in [1.165, 1.54) is 0 Å². The maximum atomic E-state index is 5.57. The van der Waals surface area contributed by atoms with Gasteiger partial charge in [0.15, 0.2) is 6.61 Å². The van der Waals surface area contributed by atoms with Crippen molar-refractivity contribution >= 4 is 0 Å². The summed E-state index contributed by atoms with van der Waals surface area (Å²) in [4.78, 5) is 4.31. The summed E-state index contributed by atoms with van der Waals surface area (Å²) in [5, 5.41) is 3.95. The van der Waals surface area contributed by atoms with Gasteiger partial charge in [0, 0.05) is 5.56 Å². The predicted molar refractivity (Wildman–Crippen MR) is 77.1 cm³/mol. The highest BCUT2D eigenvalue weighted by Crippen LogP contribution is 2.21. The van der Waals surface area contributed by atoms with Crippen LogP contribution in [0.5, 0.6) is 11.5 Å². The lowest BCUT2D eigenvalue weighted by molar-refractivity contribution is 0.243. The van der Waals surface area contributed by atoms with Crippen molar-refractivity contribution in [1.29, 1.82) is 0 Å². The summed E-state index contributed by atoms with van der Waals surface area (Å²) in [7, 11) is 1.62. The Kier molecular flexibility index (Phi) is 3.82. The molecule has 0 saturated carbocycles. The van der Waals surface area contributed by atoms with Gasteiger partial charge < -0.3 is 14.0 Å². The molecule has 0 radical (unpaired) electrons. The molecule has 0 aliphatic carbocycles. The van der Waals surface area contributed by atoms with Gasteiger partial charge in [-0.2, -0.15) is 4.98 Å². The van der Waals surface area contributed by atoms with E-state index in [0.717, 1.165) is 17.1 Å². The van der Waals surface area contributed by atoms with E-state index in [2.05, 4.69) is 10.1 Å². The highest BCUT2D eigenvalue weighted by molar-refractivity contribution is 5.56. The topological polar surface area (TPSA) is 57.4 Å². The number of hydrogen-bond donors (Lipinski definition) is 0. The zero-order valence-electron chi connectivity index (χ0n) is 11.5. The van der Waals surface area contributed by atoms with Crippen molar-refractivity contribution in [1.82, 2.24) is 10.1 Å². The van der Waals surface area contributed by atoms with Crippen LogP contribution in [0.3, 0.4) is 0 Å². The highest BCUT2D eigenvalue weighted by atomic mass is 16.5. The third kappa shape index (κ3) is 3.20. The second-order valence-electron chi connectivity index (χ2n) is 4.35. The molecule has 5 nitrogen and oxygen atoms in total. The minimum absolute atomic E-state index is 0.237. The molecule has 0 aliphatic heterocycles. The SMILES string of the molecule is COc1cccc(-c2noc(COc3ccccc3)n2)c1. The van der Waals surface area contributed by atoms with E-state index in [1.807, 2.05) is 54.6 Å². The number of ether oxygens (including phenoxy) is 2. The Balaban J connectivity index is 1.71. The Labute approximate surface area is 122 Å². The summed E-state index contributed by atoms with van der Waals surface area (Å²) in [5.74, 6) is 2.45. The molecule has 2 aromatic carbocycles. The van der Waals surface area contributed by atoms with E-state index in [-0.39, 0.29) is 6.61 Å². The first-order valence-corrected chi connectivity index (χ1v) is 6.50. The van der Waals surface area contributed by atoms with E-state index in [0.29, 0.717) is 11.7 Å². The predicted octanol–water partition coefficient (Wildman–Crippen LogP) is 3.32. The van der Waals surface area contributed by atoms with Gasteiger partial charge in [0.05, 0.1) is 7.11 Å². The number of methoxy groups -OCH3 is 1. The Morgan fingerprint density at radius 2 is 1.81 bits per heavy atom. The van der Waals surface area contributed by atoms with E-state index in [1.54, 1.807) is 7.11 Å². The molecule has 0 atom stereocenters. The highest BCUT2D eigenvalue weighted by Gasteiger charge is 2.09. The molecule has 1 aromatic heterocycles. The van der Waals surface area contributed by atoms with Crippen molar-refractivity contribution in [2.75, 3.05) is 7.11 Å². The summed E-state index contributed by atoms with van der Waals surface area (Å²) in [6.07, 6.45) is 0. The number of benzene rings is 2. The Hall–Kier alpha value is -2.82. The molecule has 5 heteroatoms. The number of para-hydroxylation sites is 1. The summed E-state index contributed by atoms with van der Waals surface area (Å²) in [6, 6.07) is 17.0. The Morgan fingerprint density at radius 1 is 1.00 bits per heavy atom. The van der Waals surface area contributed by atoms with E-state index in [4.69, 9.17) is 14.0 Å². The fraction of sp³-hybridized carbons (Fsp3) is 0.125. The third-order valence-electron chi connectivity index (χ3n) is 2.90. The first kappa shape index (κ1) is 13.2. The van der Waals surface area contributed by atoms with E-state index < -0.39 is 0 Å². The van der Waals surface area contributed by atoms with Gasteiger partial charge in [-0.25, -0.2) is 0 Å². The molecule has 0 N–H and O–H groups in total. The van der Waals surface area contributed by atoms with Crippen molar-refractivity contribution in [3.05, 3.63) is 60.5 Å². The van der Waals surface area contributed by atoms with Gasteiger partial charge in [-0.05, 0) is 24.3 Å². The maximum absolute atomic E-state index is 5.57. The Bertz CT molecular complexity index is 710. The van der Waals surface area contributed by atoms with Crippen molar-refractivity contribution < 1.29 is 14.0 Å². The molecule has 3 aromatic rings. The molecular weight excluding hydrogens is 268 g/mol. The molecule has 0 aliphatic rings. The average Bonchev–Trinajstić information content (AvgIpc) is 3.03. The molecule has 0 bridgehead atoms. The van der Waals surface area contributed by atoms with Crippen molar-refractivity contribution in [2.45, 2.75) is 6.61 Å². The fourth-order valence-electron chi connectivity index (χ4n) is 1.85. The van der Waals surface area contributed by atoms with Gasteiger partial charge in [0.1, 0.15) is 11.5 Å². The maximum Gasteiger partial charge on any atom is 0.264 e. The van der Waals surface area contributed by atoms with Gasteiger partial charge in [-0.3, -0.25) is 0 Å². The number of nitrogens with zero attached hydrogens (tertiary/aromatic N) is 2. The fourth-order valence-corrected chi connectivity index (χ4v) is 1.85. The molecule has 0 fully saturated rings. The Morgan fingerprint density at radius 3 is 2.62 bits per heavy atom. The number of aromatic nitrogens is 2. The summed E-state index contributed by atoms with van der Waals surface area (Å²) >= 11 is 0. The second-order valence-corrected chi connectivity index (χ2v) is 4.35. The first-order chi connectivity index (χ1) is 10.3. The zero-order chi connectivity index (χ0) is 14.5. The molecule has 0 spiro atoms. The van der Waals surface area contributed by atoms with Gasteiger partial charge in [0.2, 0.25) is 5.82 Å². The van der Waals surface area contributed by atoms with Crippen molar-refractivity contribution in [3.8, 4) is 22.9 Å². The van der Waals surface area contributed by atoms with Crippen LogP contribution in [0.4, 0.5) is 0 Å². The monoisotopic (exact) mass is 282 g/mol. The molecule has 0 amide bonds. The second kappa shape index (κ2) is 6.09. The van der Waals surface area contributed by atoms with Crippen LogP contribution in [0.25, 0.3) is 11.4 Å². The third-order valence-corrected chi connectivity index (χ3v) is 2.90. The lowest BCUT2D eigenvalue weighted by Gasteiger charge is -2.01. The smallest absolute Gasteiger partial charge is 0.264 e. The molecule has 21 heavy (non-hydrogen) atoms. The van der Waals surface area contributed by atoms with E-state index in [9.17, 15) is 0 Å². The quantitative estimate of drug-likeness (QED) is 0.718. The van der Waals surface area contributed by atoms with Crippen LogP contribution in [0.1, 0.15) is 5.89 Å². The molecular formula is C16H14N2O3. The van der Waals surface area contributed by atoms with Crippen molar-refractivity contribution in [2.24, 2.45) is 0 Å². The van der Waals surface area contributed by atoms with Crippen LogP contribution in [-0.2, 0) is 6.61 Å². The van der Waals surface area contributed by atoms with Crippen LogP contribution < -0.4 is 9.47 Å². The van der Waals surface area contributed by atoms with Crippen LogP contribution in [0.2, 0.25) is 0 Å². The number of hydrogen-bond acceptors (Lipinski definition) is 5. The number of rotatable bonds is 5. The minimum atomic E-state index is 0.237. The van der Waals surface area contributed by atoms with Gasteiger partial charge in [0.25, 0.3) is 5.89 Å². The van der Waals surface area contributed by atoms with Crippen LogP contribution in [0, 0.1) is 0 Å². The molecule has 0 unspecified atom stereocenters. The van der Waals surface area contributed by atoms with E-state index >= 15 is 0 Å². The standard InChI is InChI=1S/C16H14N2O3/c1-19-14-9-5-6-12(10-14)16-17-15(21-18-16)11-20-13-7-3-2-4-8-13/h2-10H,11H2,1H3. The summed E-state index contributed by atoms with van der Waals surface area (Å²) < 4.78 is 15.9. The zero-order valence-corrected chi connectivity index (χ0v) is 11.5. The molecule has 0 saturated heterocycles. The van der Waals surface area contributed by atoms with Crippen molar-refractivity contribution in [3.63, 3.8) is 0 Å². The molecule has 3 rings (SSSR count).